The lowest BCUT2D eigenvalue weighted by molar-refractivity contribution is -0.122. The van der Waals surface area contributed by atoms with Gasteiger partial charge in [0.2, 0.25) is 0 Å². The van der Waals surface area contributed by atoms with Gasteiger partial charge in [-0.15, -0.1) is 0 Å². The molecule has 2 aromatic heterocycles. The fourth-order valence-electron chi connectivity index (χ4n) is 4.95. The molecular formula is C31H34N6O2. The first kappa shape index (κ1) is 25.1. The number of ether oxygens (including phenoxy) is 1. The number of fused-ring (bicyclic) bond motifs is 2. The first-order valence-electron chi connectivity index (χ1n) is 13.6. The molecule has 0 radical (unpaired) electrons. The smallest absolute Gasteiger partial charge is 0.138 e. The summed E-state index contributed by atoms with van der Waals surface area (Å²) in [5, 5.41) is 0. The minimum absolute atomic E-state index is 0.0384. The van der Waals surface area contributed by atoms with Gasteiger partial charge in [0.25, 0.3) is 0 Å². The van der Waals surface area contributed by atoms with Crippen LogP contribution in [0.25, 0.3) is 44.8 Å². The predicted molar refractivity (Wildman–Crippen MR) is 156 cm³/mol. The maximum atomic E-state index is 11.8. The molecule has 0 atom stereocenters. The van der Waals surface area contributed by atoms with Gasteiger partial charge in [0.1, 0.15) is 23.2 Å². The van der Waals surface area contributed by atoms with E-state index in [1.54, 1.807) is 0 Å². The molecule has 0 amide bonds. The maximum absolute atomic E-state index is 11.8. The molecule has 1 aliphatic heterocycles. The lowest BCUT2D eigenvalue weighted by Crippen LogP contribution is -2.44. The van der Waals surface area contributed by atoms with Crippen molar-refractivity contribution >= 4 is 33.5 Å². The van der Waals surface area contributed by atoms with E-state index in [0.29, 0.717) is 13.0 Å². The van der Waals surface area contributed by atoms with Crippen molar-refractivity contribution in [3.8, 4) is 28.5 Å². The number of aromatic nitrogens is 4. The van der Waals surface area contributed by atoms with Crippen molar-refractivity contribution in [2.45, 2.75) is 20.3 Å². The van der Waals surface area contributed by atoms with Gasteiger partial charge in [0, 0.05) is 55.3 Å². The van der Waals surface area contributed by atoms with E-state index in [1.165, 1.54) is 5.69 Å². The highest BCUT2D eigenvalue weighted by Gasteiger charge is 2.16. The first-order valence-corrected chi connectivity index (χ1v) is 13.6. The second-order valence-electron chi connectivity index (χ2n) is 10.6. The normalized spacial score (nSPS) is 14.5. The summed E-state index contributed by atoms with van der Waals surface area (Å²) in [4.78, 5) is 33.2. The number of hydrogen-bond donors (Lipinski definition) is 2. The summed E-state index contributed by atoms with van der Waals surface area (Å²) >= 11 is 0. The number of H-pyrrole nitrogens is 2. The minimum atomic E-state index is 0.0384. The predicted octanol–water partition coefficient (Wildman–Crippen LogP) is 5.52. The summed E-state index contributed by atoms with van der Waals surface area (Å²) in [6.07, 6.45) is 0.425. The third kappa shape index (κ3) is 5.38. The number of Topliss-reactive ketones (excluding diaryl/α,β-unsaturated/α-hetero) is 1. The van der Waals surface area contributed by atoms with Crippen molar-refractivity contribution in [2.24, 2.45) is 5.92 Å². The summed E-state index contributed by atoms with van der Waals surface area (Å²) in [5.74, 6) is 2.64. The number of carbonyl (C=O) groups is 1. The highest BCUT2D eigenvalue weighted by atomic mass is 16.5. The molecular weight excluding hydrogens is 488 g/mol. The van der Waals surface area contributed by atoms with E-state index < -0.39 is 0 Å². The van der Waals surface area contributed by atoms with Crippen LogP contribution < -0.4 is 9.64 Å². The van der Waals surface area contributed by atoms with Gasteiger partial charge >= 0.3 is 0 Å². The molecule has 8 heteroatoms. The zero-order chi connectivity index (χ0) is 26.9. The average Bonchev–Trinajstić information content (AvgIpc) is 3.57. The Morgan fingerprint density at radius 2 is 1.54 bits per heavy atom. The van der Waals surface area contributed by atoms with Gasteiger partial charge in [-0.3, -0.25) is 4.79 Å². The zero-order valence-electron chi connectivity index (χ0n) is 22.7. The number of nitrogens with zero attached hydrogens (tertiary/aromatic N) is 4. The van der Waals surface area contributed by atoms with E-state index in [0.717, 1.165) is 76.8 Å². The van der Waals surface area contributed by atoms with Crippen LogP contribution in [0.3, 0.4) is 0 Å². The van der Waals surface area contributed by atoms with Crippen LogP contribution in [0.1, 0.15) is 20.3 Å². The van der Waals surface area contributed by atoms with E-state index in [9.17, 15) is 4.79 Å². The molecule has 0 bridgehead atoms. The van der Waals surface area contributed by atoms with Crippen molar-refractivity contribution < 1.29 is 9.53 Å². The summed E-state index contributed by atoms with van der Waals surface area (Å²) in [7, 11) is 2.17. The van der Waals surface area contributed by atoms with Gasteiger partial charge in [0.05, 0.1) is 28.7 Å². The summed E-state index contributed by atoms with van der Waals surface area (Å²) in [6.45, 7) is 8.44. The Morgan fingerprint density at radius 3 is 2.31 bits per heavy atom. The van der Waals surface area contributed by atoms with Crippen LogP contribution in [-0.4, -0.2) is 70.5 Å². The molecule has 0 unspecified atom stereocenters. The van der Waals surface area contributed by atoms with E-state index >= 15 is 0 Å². The molecule has 1 saturated heterocycles. The topological polar surface area (TPSA) is 90.1 Å². The second-order valence-corrected chi connectivity index (χ2v) is 10.6. The number of imidazole rings is 2. The summed E-state index contributed by atoms with van der Waals surface area (Å²) < 4.78 is 5.75. The number of nitrogens with one attached hydrogen (secondary N) is 2. The third-order valence-corrected chi connectivity index (χ3v) is 7.48. The number of carbonyl (C=O) groups excluding carboxylic acids is 1. The van der Waals surface area contributed by atoms with E-state index in [2.05, 4.69) is 57.1 Å². The Kier molecular flexibility index (Phi) is 6.79. The molecule has 1 aliphatic rings. The lowest BCUT2D eigenvalue weighted by Gasteiger charge is -2.34. The molecule has 200 valence electrons. The van der Waals surface area contributed by atoms with Gasteiger partial charge in [-0.1, -0.05) is 13.8 Å². The van der Waals surface area contributed by atoms with Crippen molar-refractivity contribution in [2.75, 3.05) is 44.7 Å². The Balaban J connectivity index is 1.18. The fourth-order valence-corrected chi connectivity index (χ4v) is 4.95. The van der Waals surface area contributed by atoms with Gasteiger partial charge in [0.15, 0.2) is 0 Å². The number of rotatable bonds is 8. The van der Waals surface area contributed by atoms with Crippen molar-refractivity contribution in [1.29, 1.82) is 0 Å². The number of anilines is 1. The molecule has 1 fully saturated rings. The number of aromatic amines is 2. The van der Waals surface area contributed by atoms with Crippen molar-refractivity contribution in [3.63, 3.8) is 0 Å². The fraction of sp³-hybridized carbons (Fsp3) is 0.323. The molecule has 0 aliphatic carbocycles. The molecule has 0 saturated carbocycles. The van der Waals surface area contributed by atoms with Crippen LogP contribution in [0.4, 0.5) is 5.69 Å². The van der Waals surface area contributed by atoms with Crippen molar-refractivity contribution in [1.82, 2.24) is 24.8 Å². The zero-order valence-corrected chi connectivity index (χ0v) is 22.7. The number of likely N-dealkylation sites (N-methyl/N-ethyl adjacent to an activating group) is 1. The summed E-state index contributed by atoms with van der Waals surface area (Å²) in [5.41, 5.74) is 7.06. The van der Waals surface area contributed by atoms with Crippen LogP contribution >= 0.6 is 0 Å². The third-order valence-electron chi connectivity index (χ3n) is 7.48. The summed E-state index contributed by atoms with van der Waals surface area (Å²) in [6, 6.07) is 20.5. The molecule has 2 N–H and O–H groups in total. The van der Waals surface area contributed by atoms with Gasteiger partial charge < -0.3 is 24.5 Å². The Morgan fingerprint density at radius 1 is 0.846 bits per heavy atom. The van der Waals surface area contributed by atoms with Crippen LogP contribution in [0, 0.1) is 5.92 Å². The van der Waals surface area contributed by atoms with Gasteiger partial charge in [-0.05, 0) is 67.7 Å². The molecule has 3 heterocycles. The Bertz CT molecular complexity index is 1610. The van der Waals surface area contributed by atoms with Crippen molar-refractivity contribution in [3.05, 3.63) is 60.7 Å². The van der Waals surface area contributed by atoms with E-state index in [1.807, 2.05) is 44.2 Å². The van der Waals surface area contributed by atoms with Crippen LogP contribution in [-0.2, 0) is 4.79 Å². The Hall–Kier alpha value is -4.17. The molecule has 39 heavy (non-hydrogen) atoms. The molecule has 0 spiro atoms. The highest BCUT2D eigenvalue weighted by molar-refractivity contribution is 5.87. The molecule has 5 aromatic rings. The van der Waals surface area contributed by atoms with Gasteiger partial charge in [-0.2, -0.15) is 0 Å². The van der Waals surface area contributed by atoms with E-state index in [4.69, 9.17) is 14.7 Å². The SMILES string of the molecule is CC(C)C(=O)CCOc1ccc(-c2nc3ccc(-c4nc5cc(N6CCN(C)CC6)ccc5[nH]4)cc3[nH]2)cc1. The quantitative estimate of drug-likeness (QED) is 0.279. The van der Waals surface area contributed by atoms with Crippen LogP contribution in [0.15, 0.2) is 60.7 Å². The largest absolute Gasteiger partial charge is 0.493 e. The number of benzene rings is 3. The minimum Gasteiger partial charge on any atom is -0.493 e. The average molecular weight is 523 g/mol. The highest BCUT2D eigenvalue weighted by Crippen LogP contribution is 2.29. The standard InChI is InChI=1S/C31H34N6O2/c1-20(2)29(38)12-17-39-24-8-4-21(5-9-24)30-32-25-10-6-22(18-27(25)34-30)31-33-26-11-7-23(19-28(26)35-31)37-15-13-36(3)14-16-37/h4-11,18-20H,12-17H2,1-3H3,(H,32,34)(H,33,35). The Labute approximate surface area is 228 Å². The van der Waals surface area contributed by atoms with Crippen LogP contribution in [0.5, 0.6) is 5.75 Å². The monoisotopic (exact) mass is 522 g/mol. The van der Waals surface area contributed by atoms with Gasteiger partial charge in [-0.25, -0.2) is 9.97 Å². The second kappa shape index (κ2) is 10.5. The van der Waals surface area contributed by atoms with Crippen LogP contribution in [0.2, 0.25) is 0 Å². The number of hydrogen-bond acceptors (Lipinski definition) is 6. The van der Waals surface area contributed by atoms with E-state index in [-0.39, 0.29) is 11.7 Å². The lowest BCUT2D eigenvalue weighted by atomic mass is 10.1. The maximum Gasteiger partial charge on any atom is 0.138 e. The molecule has 8 nitrogen and oxygen atoms in total. The molecule has 3 aromatic carbocycles. The number of ketones is 1. The number of piperazine rings is 1. The molecule has 6 rings (SSSR count). The first-order chi connectivity index (χ1) is 18.9.